The molecule has 0 atom stereocenters. The molecule has 0 amide bonds. The second kappa shape index (κ2) is 4.74. The highest BCUT2D eigenvalue weighted by Crippen LogP contribution is 2.30. The lowest BCUT2D eigenvalue weighted by Crippen LogP contribution is -1.93. The van der Waals surface area contributed by atoms with Crippen molar-refractivity contribution >= 4 is 21.8 Å². The van der Waals surface area contributed by atoms with Crippen molar-refractivity contribution in [2.75, 3.05) is 0 Å². The lowest BCUT2D eigenvalue weighted by Gasteiger charge is -2.05. The zero-order valence-electron chi connectivity index (χ0n) is 12.0. The Bertz CT molecular complexity index is 920. The topological polar surface area (TPSA) is 17.8 Å². The molecule has 2 nitrogen and oxygen atoms in total. The van der Waals surface area contributed by atoms with Crippen LogP contribution in [0.15, 0.2) is 66.9 Å². The summed E-state index contributed by atoms with van der Waals surface area (Å²) >= 11 is 0. The molecule has 0 aliphatic rings. The van der Waals surface area contributed by atoms with Crippen LogP contribution in [0.4, 0.5) is 0 Å². The molecule has 0 fully saturated rings. The van der Waals surface area contributed by atoms with Gasteiger partial charge in [0.15, 0.2) is 0 Å². The van der Waals surface area contributed by atoms with Crippen LogP contribution in [0.25, 0.3) is 33.1 Å². The van der Waals surface area contributed by atoms with Crippen LogP contribution < -0.4 is 0 Å². The van der Waals surface area contributed by atoms with E-state index in [1.165, 1.54) is 21.8 Å². The second-order valence-electron chi connectivity index (χ2n) is 5.21. The third-order valence-electron chi connectivity index (χ3n) is 4.04. The molecule has 0 bridgehead atoms. The van der Waals surface area contributed by atoms with Gasteiger partial charge in [0.1, 0.15) is 0 Å². The number of rotatable bonds is 2. The van der Waals surface area contributed by atoms with Gasteiger partial charge in [-0.05, 0) is 19.1 Å². The fourth-order valence-electron chi connectivity index (χ4n) is 3.05. The predicted octanol–water partition coefficient (Wildman–Crippen LogP) is 4.88. The summed E-state index contributed by atoms with van der Waals surface area (Å²) in [5, 5.41) is 2.51. The van der Waals surface area contributed by atoms with Gasteiger partial charge in [-0.2, -0.15) is 0 Å². The number of aromatic nitrogens is 2. The summed E-state index contributed by atoms with van der Waals surface area (Å²) in [7, 11) is 0. The van der Waals surface area contributed by atoms with E-state index in [9.17, 15) is 0 Å². The van der Waals surface area contributed by atoms with Gasteiger partial charge in [-0.15, -0.1) is 0 Å². The third kappa shape index (κ3) is 1.83. The molecular weight excluding hydrogens is 256 g/mol. The van der Waals surface area contributed by atoms with Crippen LogP contribution in [0, 0.1) is 0 Å². The molecule has 102 valence electrons. The van der Waals surface area contributed by atoms with E-state index >= 15 is 0 Å². The largest absolute Gasteiger partial charge is 0.341 e. The molecule has 0 unspecified atom stereocenters. The molecule has 0 aliphatic carbocycles. The summed E-state index contributed by atoms with van der Waals surface area (Å²) in [6, 6.07) is 21.1. The van der Waals surface area contributed by atoms with E-state index in [0.29, 0.717) is 0 Å². The Balaban J connectivity index is 2.06. The standard InChI is InChI=1S/C19H16N2/c1-2-21-18-11-7-6-10-15(18)16-13-20-17(12-19(16)21)14-8-4-3-5-9-14/h3-13H,2H2,1H3. The average molecular weight is 272 g/mol. The van der Waals surface area contributed by atoms with Crippen LogP contribution in [0.3, 0.4) is 0 Å². The van der Waals surface area contributed by atoms with Gasteiger partial charge >= 0.3 is 0 Å². The van der Waals surface area contributed by atoms with Crippen LogP contribution in [0.5, 0.6) is 0 Å². The van der Waals surface area contributed by atoms with Crippen molar-refractivity contribution in [2.24, 2.45) is 0 Å². The van der Waals surface area contributed by atoms with Crippen LogP contribution in [-0.2, 0) is 6.54 Å². The SMILES string of the molecule is CCn1c2ccccc2c2cnc(-c3ccccc3)cc21. The maximum absolute atomic E-state index is 4.66. The lowest BCUT2D eigenvalue weighted by atomic mass is 10.1. The fraction of sp³-hybridized carbons (Fsp3) is 0.105. The van der Waals surface area contributed by atoms with Crippen molar-refractivity contribution in [1.82, 2.24) is 9.55 Å². The Morgan fingerprint density at radius 1 is 0.857 bits per heavy atom. The molecule has 0 spiro atoms. The number of aryl methyl sites for hydroxylation is 1. The predicted molar refractivity (Wildman–Crippen MR) is 88.3 cm³/mol. The number of hydrogen-bond donors (Lipinski definition) is 0. The maximum Gasteiger partial charge on any atom is 0.0723 e. The Morgan fingerprint density at radius 3 is 2.43 bits per heavy atom. The molecule has 2 aromatic carbocycles. The minimum Gasteiger partial charge on any atom is -0.341 e. The zero-order chi connectivity index (χ0) is 14.2. The molecule has 0 aliphatic heterocycles. The van der Waals surface area contributed by atoms with Crippen molar-refractivity contribution in [3.63, 3.8) is 0 Å². The Labute approximate surface area is 123 Å². The highest BCUT2D eigenvalue weighted by atomic mass is 15.0. The molecule has 0 radical (unpaired) electrons. The molecule has 0 saturated carbocycles. The molecule has 0 saturated heterocycles. The number of fused-ring (bicyclic) bond motifs is 3. The summed E-state index contributed by atoms with van der Waals surface area (Å²) in [5.41, 5.74) is 4.72. The molecule has 21 heavy (non-hydrogen) atoms. The second-order valence-corrected chi connectivity index (χ2v) is 5.21. The average Bonchev–Trinajstić information content (AvgIpc) is 2.88. The minimum absolute atomic E-state index is 0.961. The summed E-state index contributed by atoms with van der Waals surface area (Å²) < 4.78 is 2.36. The highest BCUT2D eigenvalue weighted by Gasteiger charge is 2.10. The molecule has 2 heteroatoms. The summed E-state index contributed by atoms with van der Waals surface area (Å²) in [5.74, 6) is 0. The summed E-state index contributed by atoms with van der Waals surface area (Å²) in [6.45, 7) is 3.15. The molecule has 4 aromatic rings. The lowest BCUT2D eigenvalue weighted by molar-refractivity contribution is 0.827. The zero-order valence-corrected chi connectivity index (χ0v) is 12.0. The van der Waals surface area contributed by atoms with Crippen LogP contribution >= 0.6 is 0 Å². The van der Waals surface area contributed by atoms with Gasteiger partial charge in [0.2, 0.25) is 0 Å². The van der Waals surface area contributed by atoms with Crippen LogP contribution in [0.1, 0.15) is 6.92 Å². The van der Waals surface area contributed by atoms with E-state index in [0.717, 1.165) is 17.8 Å². The number of para-hydroxylation sites is 1. The number of nitrogens with zero attached hydrogens (tertiary/aromatic N) is 2. The van der Waals surface area contributed by atoms with Gasteiger partial charge in [0.05, 0.1) is 11.2 Å². The van der Waals surface area contributed by atoms with Gasteiger partial charge in [-0.1, -0.05) is 48.5 Å². The Hall–Kier alpha value is -2.61. The van der Waals surface area contributed by atoms with Crippen LogP contribution in [-0.4, -0.2) is 9.55 Å². The summed E-state index contributed by atoms with van der Waals surface area (Å²) in [6.07, 6.45) is 2.01. The molecular formula is C19H16N2. The van der Waals surface area contributed by atoms with Gasteiger partial charge in [0, 0.05) is 34.6 Å². The quantitative estimate of drug-likeness (QED) is 0.508. The number of pyridine rings is 1. The first kappa shape index (κ1) is 12.2. The Morgan fingerprint density at radius 2 is 1.62 bits per heavy atom. The first-order chi connectivity index (χ1) is 10.4. The van der Waals surface area contributed by atoms with Gasteiger partial charge in [-0.25, -0.2) is 0 Å². The normalized spacial score (nSPS) is 11.3. The van der Waals surface area contributed by atoms with Crippen molar-refractivity contribution in [3.05, 3.63) is 66.9 Å². The smallest absolute Gasteiger partial charge is 0.0723 e. The van der Waals surface area contributed by atoms with E-state index in [2.05, 4.69) is 71.1 Å². The molecule has 0 N–H and O–H groups in total. The van der Waals surface area contributed by atoms with E-state index in [1.807, 2.05) is 12.3 Å². The van der Waals surface area contributed by atoms with E-state index in [-0.39, 0.29) is 0 Å². The van der Waals surface area contributed by atoms with Crippen LogP contribution in [0.2, 0.25) is 0 Å². The van der Waals surface area contributed by atoms with Gasteiger partial charge < -0.3 is 4.57 Å². The molecule has 2 heterocycles. The first-order valence-electron chi connectivity index (χ1n) is 7.31. The highest BCUT2D eigenvalue weighted by molar-refractivity contribution is 6.08. The monoisotopic (exact) mass is 272 g/mol. The van der Waals surface area contributed by atoms with Crippen molar-refractivity contribution in [1.29, 1.82) is 0 Å². The number of benzene rings is 2. The van der Waals surface area contributed by atoms with Gasteiger partial charge in [-0.3, -0.25) is 4.98 Å². The van der Waals surface area contributed by atoms with Crippen molar-refractivity contribution in [3.8, 4) is 11.3 Å². The van der Waals surface area contributed by atoms with Crippen molar-refractivity contribution < 1.29 is 0 Å². The molecule has 4 rings (SSSR count). The van der Waals surface area contributed by atoms with E-state index in [1.54, 1.807) is 0 Å². The third-order valence-corrected chi connectivity index (χ3v) is 4.04. The Kier molecular flexibility index (Phi) is 2.74. The minimum atomic E-state index is 0.961. The first-order valence-corrected chi connectivity index (χ1v) is 7.31. The van der Waals surface area contributed by atoms with E-state index in [4.69, 9.17) is 0 Å². The van der Waals surface area contributed by atoms with E-state index < -0.39 is 0 Å². The van der Waals surface area contributed by atoms with Gasteiger partial charge in [0.25, 0.3) is 0 Å². The van der Waals surface area contributed by atoms with Crippen molar-refractivity contribution in [2.45, 2.75) is 13.5 Å². The molecule has 2 aromatic heterocycles. The summed E-state index contributed by atoms with van der Waals surface area (Å²) in [4.78, 5) is 4.66. The fourth-order valence-corrected chi connectivity index (χ4v) is 3.05. The number of hydrogen-bond acceptors (Lipinski definition) is 1. The maximum atomic E-state index is 4.66.